The summed E-state index contributed by atoms with van der Waals surface area (Å²) in [4.78, 5) is 11.7. The Kier molecular flexibility index (Phi) is 4.80. The fourth-order valence-corrected chi connectivity index (χ4v) is 1.22. The van der Waals surface area contributed by atoms with Crippen LogP contribution in [0, 0.1) is 0 Å². The third-order valence-corrected chi connectivity index (χ3v) is 2.08. The van der Waals surface area contributed by atoms with Crippen LogP contribution in [0.3, 0.4) is 0 Å². The highest BCUT2D eigenvalue weighted by atomic mass is 16.1. The molecule has 0 unspecified atom stereocenters. The maximum Gasteiger partial charge on any atom is 0.251 e. The zero-order chi connectivity index (χ0) is 11.8. The number of amides is 1. The summed E-state index contributed by atoms with van der Waals surface area (Å²) in [5, 5.41) is 2.81. The summed E-state index contributed by atoms with van der Waals surface area (Å²) in [5.74, 6) is -0.0857. The average molecular weight is 213 g/mol. The Hall–Kier alpha value is -2.09. The van der Waals surface area contributed by atoms with Crippen molar-refractivity contribution in [2.75, 3.05) is 6.54 Å². The standard InChI is InChI=1S/C14H15NO/c1-3-8-12(4-2)11-15-14(16)13-9-6-5-7-10-13/h3-10H,1-2,11H2,(H,15,16)/b12-8+. The minimum Gasteiger partial charge on any atom is -0.348 e. The minimum atomic E-state index is -0.0857. The lowest BCUT2D eigenvalue weighted by atomic mass is 10.2. The summed E-state index contributed by atoms with van der Waals surface area (Å²) in [5.41, 5.74) is 1.59. The van der Waals surface area contributed by atoms with Gasteiger partial charge in [-0.1, -0.05) is 49.6 Å². The summed E-state index contributed by atoms with van der Waals surface area (Å²) in [6.07, 6.45) is 5.19. The SMILES string of the molecule is C=C/C=C(\C=C)CNC(=O)c1ccccc1. The van der Waals surface area contributed by atoms with Gasteiger partial charge in [-0.3, -0.25) is 4.79 Å². The van der Waals surface area contributed by atoms with Crippen molar-refractivity contribution in [2.45, 2.75) is 0 Å². The predicted octanol–water partition coefficient (Wildman–Crippen LogP) is 2.71. The van der Waals surface area contributed by atoms with Crippen LogP contribution < -0.4 is 5.32 Å². The molecule has 2 heteroatoms. The van der Waals surface area contributed by atoms with Gasteiger partial charge < -0.3 is 5.32 Å². The first-order valence-corrected chi connectivity index (χ1v) is 5.05. The van der Waals surface area contributed by atoms with Crippen LogP contribution in [0.5, 0.6) is 0 Å². The molecule has 82 valence electrons. The number of carbonyl (C=O) groups excluding carboxylic acids is 1. The van der Waals surface area contributed by atoms with Crippen molar-refractivity contribution in [3.8, 4) is 0 Å². The molecule has 0 aliphatic rings. The van der Waals surface area contributed by atoms with Gasteiger partial charge >= 0.3 is 0 Å². The molecule has 0 radical (unpaired) electrons. The van der Waals surface area contributed by atoms with Crippen LogP contribution in [0.4, 0.5) is 0 Å². The van der Waals surface area contributed by atoms with Crippen LogP contribution >= 0.6 is 0 Å². The van der Waals surface area contributed by atoms with Gasteiger partial charge in [-0.05, 0) is 17.7 Å². The minimum absolute atomic E-state index is 0.0857. The van der Waals surface area contributed by atoms with Gasteiger partial charge in [-0.15, -0.1) is 0 Å². The van der Waals surface area contributed by atoms with Gasteiger partial charge in [0, 0.05) is 12.1 Å². The van der Waals surface area contributed by atoms with Crippen molar-refractivity contribution >= 4 is 5.91 Å². The number of hydrogen-bond donors (Lipinski definition) is 1. The monoisotopic (exact) mass is 213 g/mol. The van der Waals surface area contributed by atoms with E-state index in [-0.39, 0.29) is 5.91 Å². The molecule has 0 atom stereocenters. The van der Waals surface area contributed by atoms with Crippen LogP contribution in [-0.2, 0) is 0 Å². The highest BCUT2D eigenvalue weighted by Gasteiger charge is 2.03. The first kappa shape index (κ1) is 12.0. The van der Waals surface area contributed by atoms with E-state index in [1.807, 2.05) is 24.3 Å². The van der Waals surface area contributed by atoms with E-state index in [2.05, 4.69) is 18.5 Å². The first-order valence-electron chi connectivity index (χ1n) is 5.05. The lowest BCUT2D eigenvalue weighted by Gasteiger charge is -2.05. The lowest BCUT2D eigenvalue weighted by molar-refractivity contribution is 0.0957. The Balaban J connectivity index is 2.56. The highest BCUT2D eigenvalue weighted by molar-refractivity contribution is 5.94. The summed E-state index contributed by atoms with van der Waals surface area (Å²) >= 11 is 0. The van der Waals surface area contributed by atoms with Crippen molar-refractivity contribution in [1.82, 2.24) is 5.32 Å². The molecule has 0 bridgehead atoms. The van der Waals surface area contributed by atoms with Crippen LogP contribution in [0.25, 0.3) is 0 Å². The fraction of sp³-hybridized carbons (Fsp3) is 0.0714. The molecule has 0 aliphatic heterocycles. The number of hydrogen-bond acceptors (Lipinski definition) is 1. The van der Waals surface area contributed by atoms with E-state index in [0.717, 1.165) is 5.57 Å². The van der Waals surface area contributed by atoms with E-state index in [4.69, 9.17) is 0 Å². The molecule has 1 aromatic carbocycles. The van der Waals surface area contributed by atoms with Gasteiger partial charge in [0.1, 0.15) is 0 Å². The van der Waals surface area contributed by atoms with E-state index in [1.54, 1.807) is 24.3 Å². The van der Waals surface area contributed by atoms with Crippen LogP contribution in [0.1, 0.15) is 10.4 Å². The smallest absolute Gasteiger partial charge is 0.251 e. The largest absolute Gasteiger partial charge is 0.348 e. The van der Waals surface area contributed by atoms with E-state index in [1.165, 1.54) is 0 Å². The van der Waals surface area contributed by atoms with E-state index < -0.39 is 0 Å². The number of nitrogens with one attached hydrogen (secondary N) is 1. The molecule has 0 saturated heterocycles. The van der Waals surface area contributed by atoms with Gasteiger partial charge in [-0.2, -0.15) is 0 Å². The Morgan fingerprint density at radius 1 is 1.25 bits per heavy atom. The molecule has 1 N–H and O–H groups in total. The molecule has 1 aromatic rings. The second-order valence-corrected chi connectivity index (χ2v) is 3.23. The van der Waals surface area contributed by atoms with Gasteiger partial charge in [0.05, 0.1) is 0 Å². The zero-order valence-corrected chi connectivity index (χ0v) is 9.15. The fourth-order valence-electron chi connectivity index (χ4n) is 1.22. The van der Waals surface area contributed by atoms with Crippen LogP contribution in [0.2, 0.25) is 0 Å². The molecule has 16 heavy (non-hydrogen) atoms. The summed E-state index contributed by atoms with van der Waals surface area (Å²) < 4.78 is 0. The lowest BCUT2D eigenvalue weighted by Crippen LogP contribution is -2.25. The van der Waals surface area contributed by atoms with Gasteiger partial charge in [0.2, 0.25) is 0 Å². The van der Waals surface area contributed by atoms with Crippen molar-refractivity contribution in [1.29, 1.82) is 0 Å². The van der Waals surface area contributed by atoms with Crippen molar-refractivity contribution in [3.63, 3.8) is 0 Å². The van der Waals surface area contributed by atoms with Crippen molar-refractivity contribution < 1.29 is 4.79 Å². The summed E-state index contributed by atoms with van der Waals surface area (Å²) in [7, 11) is 0. The molecular formula is C14H15NO. The zero-order valence-electron chi connectivity index (χ0n) is 9.15. The predicted molar refractivity (Wildman–Crippen MR) is 67.3 cm³/mol. The van der Waals surface area contributed by atoms with Crippen LogP contribution in [-0.4, -0.2) is 12.5 Å². The molecule has 1 amide bonds. The molecule has 0 spiro atoms. The Morgan fingerprint density at radius 3 is 2.50 bits per heavy atom. The summed E-state index contributed by atoms with van der Waals surface area (Å²) in [6.45, 7) is 7.72. The van der Waals surface area contributed by atoms with E-state index in [9.17, 15) is 4.79 Å². The highest BCUT2D eigenvalue weighted by Crippen LogP contribution is 1.99. The van der Waals surface area contributed by atoms with E-state index in [0.29, 0.717) is 12.1 Å². The normalized spacial score (nSPS) is 10.6. The van der Waals surface area contributed by atoms with Gasteiger partial charge in [0.15, 0.2) is 0 Å². The maximum atomic E-state index is 11.7. The maximum absolute atomic E-state index is 11.7. The summed E-state index contributed by atoms with van der Waals surface area (Å²) in [6, 6.07) is 9.11. The van der Waals surface area contributed by atoms with Gasteiger partial charge in [0.25, 0.3) is 5.91 Å². The second-order valence-electron chi connectivity index (χ2n) is 3.23. The van der Waals surface area contributed by atoms with E-state index >= 15 is 0 Å². The van der Waals surface area contributed by atoms with Crippen LogP contribution in [0.15, 0.2) is 67.3 Å². The second kappa shape index (κ2) is 6.40. The number of carbonyl (C=O) groups is 1. The topological polar surface area (TPSA) is 29.1 Å². The molecule has 0 aromatic heterocycles. The number of allylic oxidation sites excluding steroid dienone is 2. The average Bonchev–Trinajstić information content (AvgIpc) is 2.35. The van der Waals surface area contributed by atoms with Gasteiger partial charge in [-0.25, -0.2) is 0 Å². The molecule has 0 heterocycles. The molecule has 0 aliphatic carbocycles. The number of benzene rings is 1. The molecule has 0 saturated carbocycles. The Bertz CT molecular complexity index is 404. The molecular weight excluding hydrogens is 198 g/mol. The first-order chi connectivity index (χ1) is 7.77. The Labute approximate surface area is 96.0 Å². The molecule has 0 fully saturated rings. The third kappa shape index (κ3) is 3.58. The van der Waals surface area contributed by atoms with Crippen molar-refractivity contribution in [2.24, 2.45) is 0 Å². The van der Waals surface area contributed by atoms with Crippen molar-refractivity contribution in [3.05, 3.63) is 72.9 Å². The third-order valence-electron chi connectivity index (χ3n) is 2.08. The molecule has 2 nitrogen and oxygen atoms in total. The quantitative estimate of drug-likeness (QED) is 0.749. The number of rotatable bonds is 5. The molecule has 1 rings (SSSR count). The Morgan fingerprint density at radius 2 is 1.94 bits per heavy atom.